The highest BCUT2D eigenvalue weighted by Crippen LogP contribution is 2.52. The van der Waals surface area contributed by atoms with Crippen molar-refractivity contribution in [1.29, 1.82) is 0 Å². The quantitative estimate of drug-likeness (QED) is 0.184. The standard InChI is InChI=1S/C46H29NO2S/c48-50-43-21-10-9-18-36(43)37-19-11-20-40(46(37)50)47(35-24-22-31(23-25-35)30-12-3-1-4-13-30)39-26-27-41-45(44(39)32-14-5-2-6-15-32)38-28-33-16-7-8-17-34(33)29-42(38)49-41/h1-29H. The minimum absolute atomic E-state index is 0.822. The molecule has 0 aliphatic carbocycles. The minimum atomic E-state index is -1.36. The van der Waals surface area contributed by atoms with Crippen molar-refractivity contribution in [3.63, 3.8) is 0 Å². The molecule has 8 aromatic carbocycles. The van der Waals surface area contributed by atoms with Gasteiger partial charge in [-0.3, -0.25) is 0 Å². The van der Waals surface area contributed by atoms with Crippen LogP contribution in [-0.2, 0) is 10.8 Å². The second-order valence-corrected chi connectivity index (χ2v) is 14.0. The number of anilines is 3. The van der Waals surface area contributed by atoms with E-state index in [1.165, 1.54) is 0 Å². The number of rotatable bonds is 5. The van der Waals surface area contributed by atoms with Gasteiger partial charge in [0, 0.05) is 27.6 Å². The Hall–Kier alpha value is -6.23. The van der Waals surface area contributed by atoms with E-state index in [1.54, 1.807) is 0 Å². The van der Waals surface area contributed by atoms with Crippen LogP contribution in [0.1, 0.15) is 0 Å². The molecule has 0 saturated carbocycles. The van der Waals surface area contributed by atoms with Crippen molar-refractivity contribution in [3.05, 3.63) is 176 Å². The molecule has 2 heterocycles. The van der Waals surface area contributed by atoms with E-state index in [-0.39, 0.29) is 0 Å². The Kier molecular flexibility index (Phi) is 6.58. The summed E-state index contributed by atoms with van der Waals surface area (Å²) >= 11 is 0. The summed E-state index contributed by atoms with van der Waals surface area (Å²) in [5.74, 6) is 0. The Balaban J connectivity index is 1.29. The maximum atomic E-state index is 14.4. The summed E-state index contributed by atoms with van der Waals surface area (Å²) < 4.78 is 21.0. The fraction of sp³-hybridized carbons (Fsp3) is 0. The van der Waals surface area contributed by atoms with Gasteiger partial charge in [-0.25, -0.2) is 4.21 Å². The topological polar surface area (TPSA) is 33.5 Å². The van der Waals surface area contributed by atoms with Gasteiger partial charge in [0.2, 0.25) is 0 Å². The summed E-state index contributed by atoms with van der Waals surface area (Å²) in [4.78, 5) is 3.96. The van der Waals surface area contributed by atoms with Gasteiger partial charge in [-0.1, -0.05) is 127 Å². The van der Waals surface area contributed by atoms with Gasteiger partial charge in [-0.05, 0) is 81.6 Å². The van der Waals surface area contributed by atoms with Crippen LogP contribution in [0, 0.1) is 0 Å². The largest absolute Gasteiger partial charge is 0.456 e. The number of hydrogen-bond donors (Lipinski definition) is 0. The molecule has 1 aliphatic heterocycles. The summed E-state index contributed by atoms with van der Waals surface area (Å²) in [5, 5.41) is 4.42. The van der Waals surface area contributed by atoms with Crippen LogP contribution in [-0.4, -0.2) is 4.21 Å². The lowest BCUT2D eigenvalue weighted by Gasteiger charge is -2.30. The smallest absolute Gasteiger partial charge is 0.136 e. The molecule has 0 bridgehead atoms. The van der Waals surface area contributed by atoms with Gasteiger partial charge in [-0.15, -0.1) is 0 Å². The van der Waals surface area contributed by atoms with Gasteiger partial charge in [0.25, 0.3) is 0 Å². The molecule has 9 aromatic rings. The molecule has 4 heteroatoms. The van der Waals surface area contributed by atoms with Crippen molar-refractivity contribution >= 4 is 60.6 Å². The van der Waals surface area contributed by atoms with Crippen LogP contribution in [0.5, 0.6) is 0 Å². The zero-order valence-electron chi connectivity index (χ0n) is 26.9. The number of benzene rings is 8. The van der Waals surface area contributed by atoms with Crippen LogP contribution < -0.4 is 4.90 Å². The molecule has 0 amide bonds. The van der Waals surface area contributed by atoms with E-state index in [1.807, 2.05) is 24.3 Å². The van der Waals surface area contributed by atoms with Crippen LogP contribution in [0.25, 0.3) is 66.1 Å². The second kappa shape index (κ2) is 11.4. The lowest BCUT2D eigenvalue weighted by Crippen LogP contribution is -2.13. The predicted octanol–water partition coefficient (Wildman–Crippen LogP) is 12.7. The number of furan rings is 1. The average molecular weight is 660 g/mol. The van der Waals surface area contributed by atoms with Crippen LogP contribution >= 0.6 is 0 Å². The van der Waals surface area contributed by atoms with Gasteiger partial charge in [0.1, 0.15) is 11.2 Å². The molecule has 1 unspecified atom stereocenters. The summed E-state index contributed by atoms with van der Waals surface area (Å²) in [5.41, 5.74) is 11.0. The van der Waals surface area contributed by atoms with E-state index in [0.717, 1.165) is 92.9 Å². The van der Waals surface area contributed by atoms with Gasteiger partial charge in [0.05, 0.1) is 32.0 Å². The third-order valence-electron chi connectivity index (χ3n) is 9.82. The monoisotopic (exact) mass is 659 g/mol. The summed E-state index contributed by atoms with van der Waals surface area (Å²) in [7, 11) is -1.36. The number of fused-ring (bicyclic) bond motifs is 7. The van der Waals surface area contributed by atoms with Crippen molar-refractivity contribution in [3.8, 4) is 33.4 Å². The van der Waals surface area contributed by atoms with Gasteiger partial charge in [-0.2, -0.15) is 0 Å². The molecule has 50 heavy (non-hydrogen) atoms. The molecule has 10 rings (SSSR count). The van der Waals surface area contributed by atoms with Crippen LogP contribution in [0.2, 0.25) is 0 Å². The molecule has 0 fully saturated rings. The minimum Gasteiger partial charge on any atom is -0.456 e. The Morgan fingerprint density at radius 3 is 1.90 bits per heavy atom. The molecular weight excluding hydrogens is 631 g/mol. The Morgan fingerprint density at radius 1 is 0.480 bits per heavy atom. The summed E-state index contributed by atoms with van der Waals surface area (Å²) in [6.07, 6.45) is 0. The van der Waals surface area contributed by atoms with Crippen LogP contribution in [0.3, 0.4) is 0 Å². The lowest BCUT2D eigenvalue weighted by molar-refractivity contribution is 0.669. The first-order chi connectivity index (χ1) is 24.7. The normalized spacial score (nSPS) is 13.5. The second-order valence-electron chi connectivity index (χ2n) is 12.7. The third-order valence-corrected chi connectivity index (χ3v) is 11.4. The van der Waals surface area contributed by atoms with Gasteiger partial charge in [0.15, 0.2) is 0 Å². The number of nitrogens with zero attached hydrogens (tertiary/aromatic N) is 1. The molecule has 0 saturated heterocycles. The zero-order valence-corrected chi connectivity index (χ0v) is 27.7. The molecule has 0 radical (unpaired) electrons. The lowest BCUT2D eigenvalue weighted by atomic mass is 9.95. The van der Waals surface area contributed by atoms with E-state index in [4.69, 9.17) is 4.42 Å². The SMILES string of the molecule is O=S1c2ccccc2-c2cccc(N(c3ccc(-c4ccccc4)cc3)c3ccc4oc5cc6ccccc6cc5c4c3-c3ccccc3)c21. The maximum absolute atomic E-state index is 14.4. The van der Waals surface area contributed by atoms with E-state index in [9.17, 15) is 4.21 Å². The fourth-order valence-corrected chi connectivity index (χ4v) is 9.06. The molecule has 1 aliphatic rings. The molecule has 0 spiro atoms. The van der Waals surface area contributed by atoms with Gasteiger partial charge < -0.3 is 9.32 Å². The van der Waals surface area contributed by atoms with E-state index >= 15 is 0 Å². The Morgan fingerprint density at radius 2 is 1.12 bits per heavy atom. The molecule has 0 N–H and O–H groups in total. The predicted molar refractivity (Wildman–Crippen MR) is 207 cm³/mol. The van der Waals surface area contributed by atoms with Gasteiger partial charge >= 0.3 is 0 Å². The molecule has 1 aromatic heterocycles. The van der Waals surface area contributed by atoms with E-state index in [0.29, 0.717) is 0 Å². The highest BCUT2D eigenvalue weighted by Gasteiger charge is 2.32. The third kappa shape index (κ3) is 4.46. The average Bonchev–Trinajstić information content (AvgIpc) is 3.69. The number of hydrogen-bond acceptors (Lipinski definition) is 3. The van der Waals surface area contributed by atoms with E-state index in [2.05, 4.69) is 157 Å². The van der Waals surface area contributed by atoms with Crippen molar-refractivity contribution < 1.29 is 8.63 Å². The Labute approximate surface area is 292 Å². The first kappa shape index (κ1) is 28.8. The molecule has 236 valence electrons. The highest BCUT2D eigenvalue weighted by molar-refractivity contribution is 7.86. The fourth-order valence-electron chi connectivity index (χ4n) is 7.54. The molecule has 3 nitrogen and oxygen atoms in total. The van der Waals surface area contributed by atoms with Crippen molar-refractivity contribution in [2.45, 2.75) is 9.79 Å². The van der Waals surface area contributed by atoms with Crippen molar-refractivity contribution in [2.75, 3.05) is 4.90 Å². The van der Waals surface area contributed by atoms with E-state index < -0.39 is 10.8 Å². The summed E-state index contributed by atoms with van der Waals surface area (Å²) in [6.45, 7) is 0. The maximum Gasteiger partial charge on any atom is 0.136 e. The van der Waals surface area contributed by atoms with Crippen molar-refractivity contribution in [2.24, 2.45) is 0 Å². The van der Waals surface area contributed by atoms with Crippen LogP contribution in [0.4, 0.5) is 17.1 Å². The molecular formula is C46H29NO2S. The first-order valence-corrected chi connectivity index (χ1v) is 17.9. The Bertz CT molecular complexity index is 2770. The molecule has 1 atom stereocenters. The highest BCUT2D eigenvalue weighted by atomic mass is 32.2. The first-order valence-electron chi connectivity index (χ1n) is 16.8. The van der Waals surface area contributed by atoms with Crippen molar-refractivity contribution in [1.82, 2.24) is 0 Å². The zero-order chi connectivity index (χ0) is 33.2. The summed E-state index contributed by atoms with van der Waals surface area (Å²) in [6, 6.07) is 61.1. The van der Waals surface area contributed by atoms with Crippen LogP contribution in [0.15, 0.2) is 190 Å².